The summed E-state index contributed by atoms with van der Waals surface area (Å²) in [5.74, 6) is -1.01. The summed E-state index contributed by atoms with van der Waals surface area (Å²) in [6.07, 6.45) is 8.91. The average molecular weight is 282 g/mol. The molecule has 5 heteroatoms. The Labute approximate surface area is 118 Å². The topological polar surface area (TPSA) is 74.9 Å². The quantitative estimate of drug-likeness (QED) is 0.785. The van der Waals surface area contributed by atoms with E-state index in [1.54, 1.807) is 0 Å². The van der Waals surface area contributed by atoms with Crippen molar-refractivity contribution in [1.29, 1.82) is 0 Å². The van der Waals surface area contributed by atoms with Crippen molar-refractivity contribution in [2.45, 2.75) is 82.1 Å². The van der Waals surface area contributed by atoms with Crippen molar-refractivity contribution in [2.24, 2.45) is 5.41 Å². The van der Waals surface area contributed by atoms with Gasteiger partial charge in [-0.2, -0.15) is 0 Å². The first-order chi connectivity index (χ1) is 9.59. The molecule has 5 nitrogen and oxygen atoms in total. The fraction of sp³-hybridized carbons (Fsp3) is 0.933. The molecule has 5 fully saturated rings. The zero-order valence-corrected chi connectivity index (χ0v) is 11.8. The maximum Gasteiger partial charge on any atom is 0.309 e. The van der Waals surface area contributed by atoms with E-state index < -0.39 is 11.4 Å². The van der Waals surface area contributed by atoms with Crippen molar-refractivity contribution >= 4 is 5.97 Å². The standard InChI is InChI=1S/C9H12O4.C6H10O/c1-2-8(7(10)11)3-5-9(12-5)6(4-8)13-9;1-2-4-6-5(3-1)7-6/h5-6H,2-4H2,1H3,(H,10,11);5-6H,1-4H2. The van der Waals surface area contributed by atoms with E-state index in [9.17, 15) is 4.79 Å². The molecule has 1 spiro atoms. The minimum atomic E-state index is -0.699. The summed E-state index contributed by atoms with van der Waals surface area (Å²) in [5.41, 5.74) is -0.591. The monoisotopic (exact) mass is 282 g/mol. The van der Waals surface area contributed by atoms with Crippen molar-refractivity contribution in [2.75, 3.05) is 0 Å². The second-order valence-corrected chi connectivity index (χ2v) is 6.78. The second kappa shape index (κ2) is 4.18. The van der Waals surface area contributed by atoms with Crippen molar-refractivity contribution in [3.63, 3.8) is 0 Å². The molecule has 2 saturated carbocycles. The van der Waals surface area contributed by atoms with Crippen LogP contribution >= 0.6 is 0 Å². The molecule has 0 radical (unpaired) electrons. The number of epoxide rings is 3. The Morgan fingerprint density at radius 3 is 2.10 bits per heavy atom. The lowest BCUT2D eigenvalue weighted by molar-refractivity contribution is -0.151. The van der Waals surface area contributed by atoms with Gasteiger partial charge in [0.05, 0.1) is 17.6 Å². The molecule has 4 atom stereocenters. The molecule has 20 heavy (non-hydrogen) atoms. The number of aliphatic carboxylic acids is 1. The van der Waals surface area contributed by atoms with Gasteiger partial charge < -0.3 is 19.3 Å². The van der Waals surface area contributed by atoms with Gasteiger partial charge in [0.15, 0.2) is 0 Å². The largest absolute Gasteiger partial charge is 0.481 e. The Hall–Kier alpha value is -0.650. The molecule has 3 saturated heterocycles. The van der Waals surface area contributed by atoms with Crippen LogP contribution in [0.15, 0.2) is 0 Å². The Kier molecular flexibility index (Phi) is 2.73. The van der Waals surface area contributed by atoms with Gasteiger partial charge in [0, 0.05) is 0 Å². The Bertz CT molecular complexity index is 406. The highest BCUT2D eigenvalue weighted by Gasteiger charge is 2.81. The molecular weight excluding hydrogens is 260 g/mol. The summed E-state index contributed by atoms with van der Waals surface area (Å²) in [6.45, 7) is 1.92. The highest BCUT2D eigenvalue weighted by molar-refractivity contribution is 5.75. The smallest absolute Gasteiger partial charge is 0.309 e. The molecule has 0 amide bonds. The molecule has 2 aliphatic carbocycles. The van der Waals surface area contributed by atoms with Crippen LogP contribution in [0.25, 0.3) is 0 Å². The molecule has 3 aliphatic heterocycles. The van der Waals surface area contributed by atoms with E-state index in [0.29, 0.717) is 31.5 Å². The molecule has 0 aromatic carbocycles. The molecule has 0 aromatic heterocycles. The van der Waals surface area contributed by atoms with Crippen LogP contribution in [-0.2, 0) is 19.0 Å². The van der Waals surface area contributed by atoms with Crippen LogP contribution in [0.4, 0.5) is 0 Å². The summed E-state index contributed by atoms with van der Waals surface area (Å²) in [4.78, 5) is 11.1. The maximum atomic E-state index is 11.1. The fourth-order valence-corrected chi connectivity index (χ4v) is 3.92. The molecule has 5 aliphatic rings. The van der Waals surface area contributed by atoms with E-state index in [-0.39, 0.29) is 18.0 Å². The van der Waals surface area contributed by atoms with Crippen LogP contribution in [0, 0.1) is 5.41 Å². The van der Waals surface area contributed by atoms with Gasteiger partial charge in [0.25, 0.3) is 0 Å². The highest BCUT2D eigenvalue weighted by Crippen LogP contribution is 2.66. The zero-order chi connectivity index (χ0) is 14.0. The van der Waals surface area contributed by atoms with E-state index >= 15 is 0 Å². The van der Waals surface area contributed by atoms with Gasteiger partial charge in [-0.15, -0.1) is 0 Å². The van der Waals surface area contributed by atoms with E-state index in [1.165, 1.54) is 25.7 Å². The van der Waals surface area contributed by atoms with Crippen LogP contribution in [0.3, 0.4) is 0 Å². The molecule has 1 N–H and O–H groups in total. The van der Waals surface area contributed by atoms with Gasteiger partial charge in [-0.3, -0.25) is 4.79 Å². The third-order valence-corrected chi connectivity index (χ3v) is 5.63. The van der Waals surface area contributed by atoms with Gasteiger partial charge in [0.1, 0.15) is 12.2 Å². The van der Waals surface area contributed by atoms with Crippen molar-refractivity contribution in [3.8, 4) is 0 Å². The average Bonchev–Trinajstić information content (AvgIpc) is 3.29. The fourth-order valence-electron chi connectivity index (χ4n) is 3.92. The van der Waals surface area contributed by atoms with Crippen LogP contribution in [0.5, 0.6) is 0 Å². The van der Waals surface area contributed by atoms with Gasteiger partial charge in [-0.25, -0.2) is 0 Å². The summed E-state index contributed by atoms with van der Waals surface area (Å²) in [7, 11) is 0. The summed E-state index contributed by atoms with van der Waals surface area (Å²) < 4.78 is 16.0. The van der Waals surface area contributed by atoms with Gasteiger partial charge in [-0.05, 0) is 32.1 Å². The first-order valence-corrected chi connectivity index (χ1v) is 7.84. The van der Waals surface area contributed by atoms with Gasteiger partial charge >= 0.3 is 5.97 Å². The van der Waals surface area contributed by atoms with Crippen LogP contribution < -0.4 is 0 Å². The number of hydrogen-bond donors (Lipinski definition) is 1. The first kappa shape index (κ1) is 13.0. The summed E-state index contributed by atoms with van der Waals surface area (Å²) >= 11 is 0. The molecule has 0 bridgehead atoms. The zero-order valence-electron chi connectivity index (χ0n) is 11.8. The molecular formula is C15H22O5. The number of carboxylic acids is 1. The van der Waals surface area contributed by atoms with Gasteiger partial charge in [-0.1, -0.05) is 19.8 Å². The van der Waals surface area contributed by atoms with Crippen LogP contribution in [-0.4, -0.2) is 41.3 Å². The minimum Gasteiger partial charge on any atom is -0.481 e. The maximum absolute atomic E-state index is 11.1. The predicted octanol–water partition coefficient (Wildman–Crippen LogP) is 2.08. The number of rotatable bonds is 2. The Morgan fingerprint density at radius 2 is 1.70 bits per heavy atom. The van der Waals surface area contributed by atoms with E-state index in [1.807, 2.05) is 6.92 Å². The molecule has 4 unspecified atom stereocenters. The number of ether oxygens (including phenoxy) is 3. The van der Waals surface area contributed by atoms with Crippen molar-refractivity contribution in [3.05, 3.63) is 0 Å². The Balaban J connectivity index is 0.000000127. The number of carboxylic acid groups (broad SMARTS) is 1. The van der Waals surface area contributed by atoms with E-state index in [2.05, 4.69) is 0 Å². The normalized spacial score (nSPS) is 53.5. The molecule has 5 rings (SSSR count). The molecule has 3 heterocycles. The third-order valence-electron chi connectivity index (χ3n) is 5.63. The Morgan fingerprint density at radius 1 is 1.15 bits per heavy atom. The summed E-state index contributed by atoms with van der Waals surface area (Å²) in [5, 5.41) is 9.15. The van der Waals surface area contributed by atoms with E-state index in [0.717, 1.165) is 0 Å². The van der Waals surface area contributed by atoms with Gasteiger partial charge in [0.2, 0.25) is 5.79 Å². The van der Waals surface area contributed by atoms with Crippen LogP contribution in [0.1, 0.15) is 51.9 Å². The van der Waals surface area contributed by atoms with Crippen molar-refractivity contribution < 1.29 is 24.1 Å². The predicted molar refractivity (Wildman–Crippen MR) is 69.2 cm³/mol. The molecule has 0 aromatic rings. The number of fused-ring (bicyclic) bond motifs is 1. The highest BCUT2D eigenvalue weighted by atomic mass is 16.9. The lowest BCUT2D eigenvalue weighted by atomic mass is 9.72. The lowest BCUT2D eigenvalue weighted by Crippen LogP contribution is -2.37. The third kappa shape index (κ3) is 1.90. The minimum absolute atomic E-state index is 0.0577. The van der Waals surface area contributed by atoms with Crippen molar-refractivity contribution in [1.82, 2.24) is 0 Å². The van der Waals surface area contributed by atoms with Crippen LogP contribution in [0.2, 0.25) is 0 Å². The molecule has 112 valence electrons. The first-order valence-electron chi connectivity index (χ1n) is 7.84. The number of hydrogen-bond acceptors (Lipinski definition) is 4. The lowest BCUT2D eigenvalue weighted by Gasteiger charge is -2.27. The number of carbonyl (C=O) groups is 1. The SMILES string of the molecule is C1CCC2OC2C1.CCC1(C(=O)O)CC2OC23OC3C1. The summed E-state index contributed by atoms with van der Waals surface area (Å²) in [6, 6.07) is 0. The second-order valence-electron chi connectivity index (χ2n) is 6.78. The van der Waals surface area contributed by atoms with E-state index in [4.69, 9.17) is 19.3 Å².